The Labute approximate surface area is 425 Å². The molecule has 0 atom stereocenters. The normalized spacial score (nSPS) is 14.4. The van der Waals surface area contributed by atoms with Crippen molar-refractivity contribution in [1.29, 1.82) is 5.26 Å². The molecule has 9 aromatic rings. The number of rotatable bonds is 12. The van der Waals surface area contributed by atoms with E-state index in [1.54, 1.807) is 0 Å². The molecular weight excluding hydrogens is 873 g/mol. The number of nitriles is 1. The zero-order chi connectivity index (χ0) is 48.6. The lowest BCUT2D eigenvalue weighted by molar-refractivity contribution is 0.443. The topological polar surface area (TPSA) is 34.6 Å². The summed E-state index contributed by atoms with van der Waals surface area (Å²) in [6, 6.07) is 71.6. The molecule has 0 aromatic heterocycles. The molecule has 0 N–H and O–H groups in total. The zero-order valence-electron chi connectivity index (χ0n) is 40.8. The summed E-state index contributed by atoms with van der Waals surface area (Å²) in [6.07, 6.45) is 21.6. The standard InChI is InChI=1S/C68H58N4/c1-70-68-64-45-31-51(24-22-49-26-36-59(37-27-49)71(57-18-10-4-11-19-57)61-40-32-55(33-41-61)53-14-6-2-7-15-53)46-65(64)67(48-69)63-44-30-52(47-66(63)68)25-23-50-28-38-60(39-29-50)72(58-20-12-5-13-21-58)62-42-34-56(35-43-62)54-16-8-3-9-17-54/h4-5,10-13,18-47,53-54H,2-3,6-9,14-17H2. The maximum Gasteiger partial charge on any atom is 0.202 e. The van der Waals surface area contributed by atoms with E-state index < -0.39 is 0 Å². The average molecular weight is 931 g/mol. The molecule has 0 unspecified atom stereocenters. The smallest absolute Gasteiger partial charge is 0.202 e. The van der Waals surface area contributed by atoms with Crippen LogP contribution in [0.2, 0.25) is 0 Å². The van der Waals surface area contributed by atoms with Gasteiger partial charge in [0.25, 0.3) is 0 Å². The van der Waals surface area contributed by atoms with Gasteiger partial charge in [-0.3, -0.25) is 0 Å². The summed E-state index contributed by atoms with van der Waals surface area (Å²) in [5.41, 5.74) is 14.8. The third-order valence-corrected chi connectivity index (χ3v) is 15.1. The molecule has 0 amide bonds. The molecule has 72 heavy (non-hydrogen) atoms. The van der Waals surface area contributed by atoms with Crippen LogP contribution in [0.4, 0.5) is 39.8 Å². The molecule has 4 nitrogen and oxygen atoms in total. The van der Waals surface area contributed by atoms with Crippen LogP contribution in [0.3, 0.4) is 0 Å². The minimum absolute atomic E-state index is 0.559. The van der Waals surface area contributed by atoms with Crippen LogP contribution < -0.4 is 9.80 Å². The Morgan fingerprint density at radius 1 is 0.389 bits per heavy atom. The Kier molecular flexibility index (Phi) is 13.6. The summed E-state index contributed by atoms with van der Waals surface area (Å²) < 4.78 is 0. The highest BCUT2D eigenvalue weighted by molar-refractivity contribution is 6.16. The van der Waals surface area contributed by atoms with Gasteiger partial charge in [-0.1, -0.05) is 178 Å². The molecule has 0 bridgehead atoms. The highest BCUT2D eigenvalue weighted by Crippen LogP contribution is 2.42. The molecule has 0 spiro atoms. The first-order chi connectivity index (χ1) is 35.6. The summed E-state index contributed by atoms with van der Waals surface area (Å²) in [7, 11) is 0. The van der Waals surface area contributed by atoms with Crippen LogP contribution in [0.5, 0.6) is 0 Å². The second kappa shape index (κ2) is 21.3. The van der Waals surface area contributed by atoms with E-state index in [0.29, 0.717) is 23.1 Å². The monoisotopic (exact) mass is 930 g/mol. The molecule has 0 heterocycles. The second-order valence-corrected chi connectivity index (χ2v) is 19.6. The molecular formula is C68H58N4. The number of nitrogens with zero attached hydrogens (tertiary/aromatic N) is 4. The summed E-state index contributed by atoms with van der Waals surface area (Å²) >= 11 is 0. The summed E-state index contributed by atoms with van der Waals surface area (Å²) in [5.74, 6) is 1.34. The molecule has 0 radical (unpaired) electrons. The predicted octanol–water partition coefficient (Wildman–Crippen LogP) is 19.8. The predicted molar refractivity (Wildman–Crippen MR) is 304 cm³/mol. The first-order valence-electron chi connectivity index (χ1n) is 25.9. The van der Waals surface area contributed by atoms with Gasteiger partial charge in [0.05, 0.1) is 12.1 Å². The Morgan fingerprint density at radius 3 is 1.17 bits per heavy atom. The quantitative estimate of drug-likeness (QED) is 0.0695. The van der Waals surface area contributed by atoms with Crippen molar-refractivity contribution < 1.29 is 0 Å². The van der Waals surface area contributed by atoms with E-state index in [9.17, 15) is 5.26 Å². The van der Waals surface area contributed by atoms with Gasteiger partial charge < -0.3 is 9.80 Å². The minimum atomic E-state index is 0.559. The van der Waals surface area contributed by atoms with Crippen molar-refractivity contribution in [2.45, 2.75) is 76.0 Å². The van der Waals surface area contributed by atoms with Gasteiger partial charge in [-0.05, 0) is 171 Å². The molecule has 4 heteroatoms. The highest BCUT2D eigenvalue weighted by atomic mass is 15.1. The fraction of sp³-hybridized carbons (Fsp3) is 0.176. The van der Waals surface area contributed by atoms with Crippen LogP contribution in [0, 0.1) is 17.9 Å². The molecule has 350 valence electrons. The third kappa shape index (κ3) is 9.83. The molecule has 9 aromatic carbocycles. The Hall–Kier alpha value is -8.44. The molecule has 0 aliphatic heterocycles. The third-order valence-electron chi connectivity index (χ3n) is 15.1. The minimum Gasteiger partial charge on any atom is -0.311 e. The number of anilines is 6. The number of hydrogen-bond acceptors (Lipinski definition) is 3. The molecule has 11 rings (SSSR count). The van der Waals surface area contributed by atoms with Crippen LogP contribution in [0.15, 0.2) is 194 Å². The highest BCUT2D eigenvalue weighted by Gasteiger charge is 2.20. The number of fused-ring (bicyclic) bond motifs is 2. The Balaban J connectivity index is 0.821. The van der Waals surface area contributed by atoms with Crippen LogP contribution >= 0.6 is 0 Å². The van der Waals surface area contributed by atoms with E-state index in [-0.39, 0.29) is 0 Å². The van der Waals surface area contributed by atoms with Crippen molar-refractivity contribution in [2.24, 2.45) is 0 Å². The van der Waals surface area contributed by atoms with E-state index in [1.165, 1.54) is 75.3 Å². The summed E-state index contributed by atoms with van der Waals surface area (Å²) in [6.45, 7) is 8.34. The van der Waals surface area contributed by atoms with Crippen LogP contribution in [0.25, 0.3) is 50.7 Å². The van der Waals surface area contributed by atoms with E-state index in [4.69, 9.17) is 6.57 Å². The van der Waals surface area contributed by atoms with Crippen molar-refractivity contribution in [2.75, 3.05) is 9.80 Å². The van der Waals surface area contributed by atoms with Crippen molar-refractivity contribution in [3.63, 3.8) is 0 Å². The van der Waals surface area contributed by atoms with Crippen molar-refractivity contribution >= 4 is 85.7 Å². The van der Waals surface area contributed by atoms with Crippen LogP contribution in [-0.2, 0) is 0 Å². The fourth-order valence-corrected chi connectivity index (χ4v) is 11.3. The molecule has 2 saturated carbocycles. The largest absolute Gasteiger partial charge is 0.311 e. The maximum absolute atomic E-state index is 10.6. The Morgan fingerprint density at radius 2 is 0.750 bits per heavy atom. The van der Waals surface area contributed by atoms with E-state index in [2.05, 4.69) is 203 Å². The molecule has 2 aliphatic carbocycles. The van der Waals surface area contributed by atoms with Crippen molar-refractivity contribution in [1.82, 2.24) is 0 Å². The van der Waals surface area contributed by atoms with Gasteiger partial charge in [0.1, 0.15) is 6.07 Å². The number of benzene rings is 9. The SMILES string of the molecule is [C-]#[N+]c1c2ccc(C=Cc3ccc(N(c4ccccc4)c4ccc(C5CCCCC5)cc4)cc3)cc2c(C#N)c2ccc(C=Cc3ccc(N(c4ccccc4)c4ccc(C5CCCCC5)cc4)cc3)cc12. The van der Waals surface area contributed by atoms with Crippen LogP contribution in [0.1, 0.15) is 115 Å². The summed E-state index contributed by atoms with van der Waals surface area (Å²) in [5, 5.41) is 13.8. The first-order valence-corrected chi connectivity index (χ1v) is 25.9. The van der Waals surface area contributed by atoms with Gasteiger partial charge in [-0.15, -0.1) is 0 Å². The summed E-state index contributed by atoms with van der Waals surface area (Å²) in [4.78, 5) is 8.71. The average Bonchev–Trinajstić information content (AvgIpc) is 3.45. The lowest BCUT2D eigenvalue weighted by Gasteiger charge is -2.27. The first kappa shape index (κ1) is 46.0. The zero-order valence-corrected chi connectivity index (χ0v) is 40.8. The Bertz CT molecular complexity index is 3220. The van der Waals surface area contributed by atoms with E-state index in [0.717, 1.165) is 77.9 Å². The lowest BCUT2D eigenvalue weighted by atomic mass is 9.84. The van der Waals surface area contributed by atoms with Crippen LogP contribution in [-0.4, -0.2) is 0 Å². The van der Waals surface area contributed by atoms with Gasteiger partial charge in [-0.2, -0.15) is 5.26 Å². The number of hydrogen-bond donors (Lipinski definition) is 0. The van der Waals surface area contributed by atoms with Gasteiger partial charge in [-0.25, -0.2) is 4.85 Å². The molecule has 0 saturated heterocycles. The maximum atomic E-state index is 10.6. The van der Waals surface area contributed by atoms with Gasteiger partial charge in [0.2, 0.25) is 5.69 Å². The number of para-hydroxylation sites is 2. The second-order valence-electron chi connectivity index (χ2n) is 19.6. The van der Waals surface area contributed by atoms with E-state index in [1.807, 2.05) is 36.4 Å². The van der Waals surface area contributed by atoms with E-state index >= 15 is 0 Å². The lowest BCUT2D eigenvalue weighted by Crippen LogP contribution is -2.10. The van der Waals surface area contributed by atoms with Crippen molar-refractivity contribution in [3.05, 3.63) is 244 Å². The molecule has 2 fully saturated rings. The fourth-order valence-electron chi connectivity index (χ4n) is 11.3. The van der Waals surface area contributed by atoms with Crippen molar-refractivity contribution in [3.8, 4) is 6.07 Å². The van der Waals surface area contributed by atoms with Gasteiger partial charge in [0.15, 0.2) is 0 Å². The van der Waals surface area contributed by atoms with Gasteiger partial charge >= 0.3 is 0 Å². The molecule has 2 aliphatic rings. The van der Waals surface area contributed by atoms with Gasteiger partial charge in [0, 0.05) is 34.1 Å².